The van der Waals surface area contributed by atoms with Crippen molar-refractivity contribution in [2.45, 2.75) is 38.1 Å². The minimum atomic E-state index is -0.136. The summed E-state index contributed by atoms with van der Waals surface area (Å²) in [6, 6.07) is 8.94. The highest BCUT2D eigenvalue weighted by Crippen LogP contribution is 2.35. The third-order valence-electron chi connectivity index (χ3n) is 6.27. The smallest absolute Gasteiger partial charge is 0.119 e. The van der Waals surface area contributed by atoms with Crippen LogP contribution in [0.2, 0.25) is 0 Å². The lowest BCUT2D eigenvalue weighted by molar-refractivity contribution is 0.0252. The predicted octanol–water partition coefficient (Wildman–Crippen LogP) is 2.05. The van der Waals surface area contributed by atoms with E-state index in [0.29, 0.717) is 12.0 Å². The van der Waals surface area contributed by atoms with Gasteiger partial charge in [0.15, 0.2) is 0 Å². The van der Waals surface area contributed by atoms with Crippen molar-refractivity contribution < 1.29 is 19.3 Å². The van der Waals surface area contributed by atoms with E-state index in [4.69, 9.17) is 14.2 Å². The first-order chi connectivity index (χ1) is 14.1. The Labute approximate surface area is 175 Å². The molecule has 0 bridgehead atoms. The summed E-state index contributed by atoms with van der Waals surface area (Å²) in [5.74, 6) is 1.58. The maximum atomic E-state index is 9.86. The molecule has 3 saturated heterocycles. The van der Waals surface area contributed by atoms with E-state index in [1.54, 1.807) is 0 Å². The lowest BCUT2D eigenvalue weighted by atomic mass is 9.75. The fraction of sp³-hybridized carbons (Fsp3) is 0.739. The van der Waals surface area contributed by atoms with E-state index >= 15 is 0 Å². The molecular weight excluding hydrogens is 368 g/mol. The van der Waals surface area contributed by atoms with Crippen LogP contribution in [0.3, 0.4) is 0 Å². The highest BCUT2D eigenvalue weighted by Gasteiger charge is 2.34. The summed E-state index contributed by atoms with van der Waals surface area (Å²) < 4.78 is 16.4. The normalized spacial score (nSPS) is 22.5. The van der Waals surface area contributed by atoms with E-state index < -0.39 is 0 Å². The number of likely N-dealkylation sites (tertiary alicyclic amines) is 1. The molecule has 6 nitrogen and oxygen atoms in total. The van der Waals surface area contributed by atoms with Gasteiger partial charge in [0.1, 0.15) is 5.75 Å². The van der Waals surface area contributed by atoms with Gasteiger partial charge in [-0.15, -0.1) is 0 Å². The Hall–Kier alpha value is -1.18. The van der Waals surface area contributed by atoms with Crippen LogP contribution in [0.1, 0.15) is 32.3 Å². The molecule has 0 amide bonds. The lowest BCUT2D eigenvalue weighted by Crippen LogP contribution is -2.52. The second-order valence-corrected chi connectivity index (χ2v) is 8.66. The Balaban J connectivity index is 0.000000343. The molecule has 3 aliphatic rings. The molecule has 0 spiro atoms. The molecule has 29 heavy (non-hydrogen) atoms. The summed E-state index contributed by atoms with van der Waals surface area (Å²) in [7, 11) is 0. The molecule has 0 atom stereocenters. The molecule has 0 saturated carbocycles. The summed E-state index contributed by atoms with van der Waals surface area (Å²) in [6.45, 7) is 13.0. The van der Waals surface area contributed by atoms with Gasteiger partial charge >= 0.3 is 0 Å². The molecule has 0 radical (unpaired) electrons. The molecule has 0 aliphatic carbocycles. The molecule has 6 heteroatoms. The lowest BCUT2D eigenvalue weighted by Gasteiger charge is -2.41. The van der Waals surface area contributed by atoms with Gasteiger partial charge in [-0.25, -0.2) is 0 Å². The predicted molar refractivity (Wildman–Crippen MR) is 115 cm³/mol. The maximum absolute atomic E-state index is 9.86. The molecular formula is C23H38N2O4. The van der Waals surface area contributed by atoms with Gasteiger partial charge in [-0.05, 0) is 44.4 Å². The van der Waals surface area contributed by atoms with E-state index in [0.717, 1.165) is 77.8 Å². The molecule has 3 aliphatic heterocycles. The first-order valence-corrected chi connectivity index (χ1v) is 11.1. The van der Waals surface area contributed by atoms with Crippen LogP contribution in [-0.4, -0.2) is 81.9 Å². The van der Waals surface area contributed by atoms with Crippen molar-refractivity contribution >= 4 is 0 Å². The zero-order valence-electron chi connectivity index (χ0n) is 18.1. The fourth-order valence-corrected chi connectivity index (χ4v) is 4.07. The van der Waals surface area contributed by atoms with Crippen molar-refractivity contribution in [3.05, 3.63) is 29.8 Å². The molecule has 1 aromatic rings. The number of nitrogens with zero attached hydrogens (tertiary/aromatic N) is 1. The number of ether oxygens (including phenoxy) is 3. The number of benzene rings is 1. The van der Waals surface area contributed by atoms with E-state index in [2.05, 4.69) is 36.2 Å². The van der Waals surface area contributed by atoms with Gasteiger partial charge in [0.25, 0.3) is 0 Å². The van der Waals surface area contributed by atoms with E-state index in [9.17, 15) is 5.11 Å². The summed E-state index contributed by atoms with van der Waals surface area (Å²) in [5, 5.41) is 13.0. The van der Waals surface area contributed by atoms with Crippen LogP contribution in [0, 0.1) is 5.92 Å². The zero-order chi connectivity index (χ0) is 20.5. The molecule has 0 unspecified atom stereocenters. The van der Waals surface area contributed by atoms with Crippen molar-refractivity contribution in [2.24, 2.45) is 5.92 Å². The number of aliphatic hydroxyl groups is 1. The van der Waals surface area contributed by atoms with Gasteiger partial charge in [0.05, 0.1) is 26.4 Å². The number of aliphatic hydroxyl groups excluding tert-OH is 1. The molecule has 1 aromatic carbocycles. The minimum absolute atomic E-state index is 0.136. The van der Waals surface area contributed by atoms with Gasteiger partial charge in [0.2, 0.25) is 0 Å². The quantitative estimate of drug-likeness (QED) is 0.754. The van der Waals surface area contributed by atoms with E-state index in [1.807, 2.05) is 12.1 Å². The highest BCUT2D eigenvalue weighted by molar-refractivity contribution is 5.33. The SMILES string of the molecule is C1COCCN1.CC(C)N1CC(COc2ccc(C3(CO)CCOCC3)cc2)C1. The minimum Gasteiger partial charge on any atom is -0.493 e. The van der Waals surface area contributed by atoms with E-state index in [1.165, 1.54) is 5.56 Å². The fourth-order valence-electron chi connectivity index (χ4n) is 4.07. The second kappa shape index (κ2) is 11.3. The zero-order valence-corrected chi connectivity index (χ0v) is 18.1. The number of rotatable bonds is 6. The topological polar surface area (TPSA) is 63.2 Å². The second-order valence-electron chi connectivity index (χ2n) is 8.66. The summed E-state index contributed by atoms with van der Waals surface area (Å²) in [5.41, 5.74) is 1.06. The van der Waals surface area contributed by atoms with Crippen LogP contribution in [0.5, 0.6) is 5.75 Å². The number of hydrogen-bond acceptors (Lipinski definition) is 6. The monoisotopic (exact) mass is 406 g/mol. The Morgan fingerprint density at radius 2 is 1.69 bits per heavy atom. The molecule has 4 rings (SSSR count). The number of hydrogen-bond donors (Lipinski definition) is 2. The first kappa shape index (κ1) is 22.5. The van der Waals surface area contributed by atoms with Crippen LogP contribution in [0.25, 0.3) is 0 Å². The Morgan fingerprint density at radius 1 is 1.07 bits per heavy atom. The molecule has 2 N–H and O–H groups in total. The van der Waals surface area contributed by atoms with Crippen molar-refractivity contribution in [3.63, 3.8) is 0 Å². The van der Waals surface area contributed by atoms with Gasteiger partial charge in [-0.1, -0.05) is 12.1 Å². The Morgan fingerprint density at radius 3 is 2.17 bits per heavy atom. The third kappa shape index (κ3) is 6.40. The highest BCUT2D eigenvalue weighted by atomic mass is 16.5. The van der Waals surface area contributed by atoms with Gasteiger partial charge in [-0.2, -0.15) is 0 Å². The molecule has 0 aromatic heterocycles. The summed E-state index contributed by atoms with van der Waals surface area (Å²) >= 11 is 0. The number of morpholine rings is 1. The third-order valence-corrected chi connectivity index (χ3v) is 6.27. The van der Waals surface area contributed by atoms with Gasteiger partial charge in [0, 0.05) is 56.8 Å². The molecule has 3 heterocycles. The van der Waals surface area contributed by atoms with Crippen molar-refractivity contribution in [1.82, 2.24) is 10.2 Å². The van der Waals surface area contributed by atoms with Crippen molar-refractivity contribution in [3.8, 4) is 5.75 Å². The Bertz CT molecular complexity index is 566. The maximum Gasteiger partial charge on any atom is 0.119 e. The van der Waals surface area contributed by atoms with Gasteiger partial charge in [-0.3, -0.25) is 0 Å². The molecule has 3 fully saturated rings. The van der Waals surface area contributed by atoms with Crippen molar-refractivity contribution in [2.75, 3.05) is 65.8 Å². The average molecular weight is 407 g/mol. The van der Waals surface area contributed by atoms with E-state index in [-0.39, 0.29) is 12.0 Å². The van der Waals surface area contributed by atoms with Crippen LogP contribution >= 0.6 is 0 Å². The average Bonchev–Trinajstić information content (AvgIpc) is 2.75. The van der Waals surface area contributed by atoms with Crippen LogP contribution in [-0.2, 0) is 14.9 Å². The van der Waals surface area contributed by atoms with Gasteiger partial charge < -0.3 is 29.5 Å². The van der Waals surface area contributed by atoms with Crippen molar-refractivity contribution in [1.29, 1.82) is 0 Å². The number of nitrogens with one attached hydrogen (secondary N) is 1. The molecule has 164 valence electrons. The summed E-state index contributed by atoms with van der Waals surface area (Å²) in [6.07, 6.45) is 1.77. The first-order valence-electron chi connectivity index (χ1n) is 11.1. The summed E-state index contributed by atoms with van der Waals surface area (Å²) in [4.78, 5) is 2.47. The Kier molecular flexibility index (Phi) is 8.75. The van der Waals surface area contributed by atoms with Crippen LogP contribution in [0.4, 0.5) is 0 Å². The standard InChI is InChI=1S/C19H29NO3.C4H9NO/c1-15(2)20-11-16(12-20)13-23-18-5-3-17(4-6-18)19(14-21)7-9-22-10-8-19;1-3-6-4-2-5-1/h3-6,15-16,21H,7-14H2,1-2H3;5H,1-4H2. The van der Waals surface area contributed by atoms with Crippen LogP contribution in [0.15, 0.2) is 24.3 Å². The van der Waals surface area contributed by atoms with Crippen LogP contribution < -0.4 is 10.1 Å². The largest absolute Gasteiger partial charge is 0.493 e.